The minimum absolute atomic E-state index is 0.140. The van der Waals surface area contributed by atoms with Crippen LogP contribution in [0.2, 0.25) is 0 Å². The van der Waals surface area contributed by atoms with Gasteiger partial charge in [0.25, 0.3) is 0 Å². The molecule has 4 nitrogen and oxygen atoms in total. The van der Waals surface area contributed by atoms with E-state index in [0.29, 0.717) is 5.76 Å². The number of para-hydroxylation sites is 1. The van der Waals surface area contributed by atoms with Gasteiger partial charge in [-0.25, -0.2) is 9.18 Å². The van der Waals surface area contributed by atoms with E-state index in [-0.39, 0.29) is 11.7 Å². The van der Waals surface area contributed by atoms with Gasteiger partial charge >= 0.3 is 6.03 Å². The van der Waals surface area contributed by atoms with Gasteiger partial charge in [0.1, 0.15) is 11.6 Å². The lowest BCUT2D eigenvalue weighted by Crippen LogP contribution is -2.31. The van der Waals surface area contributed by atoms with Crippen molar-refractivity contribution in [2.75, 3.05) is 5.32 Å². The number of furan rings is 1. The lowest BCUT2D eigenvalue weighted by Gasteiger charge is -2.12. The summed E-state index contributed by atoms with van der Waals surface area (Å²) in [6.07, 6.45) is 1.53. The number of rotatable bonds is 3. The van der Waals surface area contributed by atoms with Crippen LogP contribution >= 0.6 is 0 Å². The number of benzene rings is 1. The molecular weight excluding hydrogens is 235 g/mol. The molecule has 0 radical (unpaired) electrons. The maximum atomic E-state index is 13.3. The van der Waals surface area contributed by atoms with E-state index < -0.39 is 11.8 Å². The van der Waals surface area contributed by atoms with Crippen LogP contribution in [-0.2, 0) is 0 Å². The Morgan fingerprint density at radius 1 is 1.28 bits per heavy atom. The Balaban J connectivity index is 1.95. The molecule has 1 heterocycles. The van der Waals surface area contributed by atoms with Crippen LogP contribution in [0.1, 0.15) is 18.7 Å². The lowest BCUT2D eigenvalue weighted by atomic mass is 10.2. The number of carbonyl (C=O) groups is 1. The number of halogens is 1. The highest BCUT2D eigenvalue weighted by atomic mass is 19.1. The van der Waals surface area contributed by atoms with Gasteiger partial charge in [-0.3, -0.25) is 0 Å². The molecule has 2 rings (SSSR count). The normalized spacial score (nSPS) is 11.9. The first-order valence-electron chi connectivity index (χ1n) is 5.52. The van der Waals surface area contributed by atoms with Crippen molar-refractivity contribution in [3.8, 4) is 0 Å². The minimum Gasteiger partial charge on any atom is -0.467 e. The molecule has 2 amide bonds. The van der Waals surface area contributed by atoms with Gasteiger partial charge in [-0.1, -0.05) is 12.1 Å². The Hall–Kier alpha value is -2.30. The number of anilines is 1. The molecule has 0 bridgehead atoms. The highest BCUT2D eigenvalue weighted by Gasteiger charge is 2.12. The van der Waals surface area contributed by atoms with Gasteiger partial charge in [0, 0.05) is 0 Å². The molecule has 1 aromatic heterocycles. The maximum absolute atomic E-state index is 13.3. The van der Waals surface area contributed by atoms with Crippen molar-refractivity contribution < 1.29 is 13.6 Å². The van der Waals surface area contributed by atoms with Crippen LogP contribution in [0.25, 0.3) is 0 Å². The van der Waals surface area contributed by atoms with E-state index in [0.717, 1.165) is 0 Å². The molecule has 0 aliphatic rings. The molecular formula is C13H13FN2O2. The first-order valence-corrected chi connectivity index (χ1v) is 5.52. The van der Waals surface area contributed by atoms with Crippen LogP contribution in [0.15, 0.2) is 47.1 Å². The van der Waals surface area contributed by atoms with Crippen LogP contribution < -0.4 is 10.6 Å². The van der Waals surface area contributed by atoms with E-state index in [1.165, 1.54) is 18.4 Å². The van der Waals surface area contributed by atoms with Gasteiger partial charge in [-0.15, -0.1) is 0 Å². The predicted octanol–water partition coefficient (Wildman–Crippen LogP) is 3.30. The molecule has 2 aromatic rings. The Morgan fingerprint density at radius 3 is 2.72 bits per heavy atom. The van der Waals surface area contributed by atoms with Crippen molar-refractivity contribution in [2.24, 2.45) is 0 Å². The van der Waals surface area contributed by atoms with Crippen LogP contribution in [0.4, 0.5) is 14.9 Å². The third-order valence-corrected chi connectivity index (χ3v) is 2.44. The second kappa shape index (κ2) is 5.35. The molecule has 1 atom stereocenters. The SMILES string of the molecule is CC(NC(=O)Nc1ccccc1F)c1ccco1. The summed E-state index contributed by atoms with van der Waals surface area (Å²) in [6, 6.07) is 8.71. The summed E-state index contributed by atoms with van der Waals surface area (Å²) in [6.45, 7) is 1.78. The smallest absolute Gasteiger partial charge is 0.319 e. The van der Waals surface area contributed by atoms with Gasteiger partial charge in [-0.2, -0.15) is 0 Å². The summed E-state index contributed by atoms with van der Waals surface area (Å²) in [4.78, 5) is 11.6. The maximum Gasteiger partial charge on any atom is 0.319 e. The number of amides is 2. The van der Waals surface area contributed by atoms with Crippen molar-refractivity contribution in [2.45, 2.75) is 13.0 Å². The fraction of sp³-hybridized carbons (Fsp3) is 0.154. The Morgan fingerprint density at radius 2 is 2.06 bits per heavy atom. The molecule has 1 aromatic carbocycles. The van der Waals surface area contributed by atoms with Crippen molar-refractivity contribution in [1.82, 2.24) is 5.32 Å². The highest BCUT2D eigenvalue weighted by molar-refractivity contribution is 5.89. The fourth-order valence-corrected chi connectivity index (χ4v) is 1.53. The molecule has 0 saturated heterocycles. The van der Waals surface area contributed by atoms with Crippen molar-refractivity contribution in [3.05, 3.63) is 54.2 Å². The van der Waals surface area contributed by atoms with Gasteiger partial charge in [0.15, 0.2) is 0 Å². The molecule has 94 valence electrons. The summed E-state index contributed by atoms with van der Waals surface area (Å²) < 4.78 is 18.5. The van der Waals surface area contributed by atoms with Crippen molar-refractivity contribution >= 4 is 11.7 Å². The Bertz CT molecular complexity index is 526. The van der Waals surface area contributed by atoms with Crippen LogP contribution in [0.3, 0.4) is 0 Å². The standard InChI is InChI=1S/C13H13FN2O2/c1-9(12-7-4-8-18-12)15-13(17)16-11-6-3-2-5-10(11)14/h2-9H,1H3,(H2,15,16,17). The number of urea groups is 1. The van der Waals surface area contributed by atoms with E-state index in [4.69, 9.17) is 4.42 Å². The topological polar surface area (TPSA) is 54.3 Å². The largest absolute Gasteiger partial charge is 0.467 e. The molecule has 5 heteroatoms. The first-order chi connectivity index (χ1) is 8.66. The fourth-order valence-electron chi connectivity index (χ4n) is 1.53. The molecule has 0 saturated carbocycles. The monoisotopic (exact) mass is 248 g/mol. The van der Waals surface area contributed by atoms with E-state index in [9.17, 15) is 9.18 Å². The number of hydrogen-bond donors (Lipinski definition) is 2. The Kier molecular flexibility index (Phi) is 3.62. The summed E-state index contributed by atoms with van der Waals surface area (Å²) in [5.41, 5.74) is 0.140. The molecule has 0 aliphatic heterocycles. The average molecular weight is 248 g/mol. The zero-order valence-electron chi connectivity index (χ0n) is 9.81. The summed E-state index contributed by atoms with van der Waals surface area (Å²) in [5, 5.41) is 5.08. The molecule has 1 unspecified atom stereocenters. The van der Waals surface area contributed by atoms with E-state index >= 15 is 0 Å². The van der Waals surface area contributed by atoms with Crippen LogP contribution in [-0.4, -0.2) is 6.03 Å². The van der Waals surface area contributed by atoms with Crippen molar-refractivity contribution in [3.63, 3.8) is 0 Å². The zero-order valence-corrected chi connectivity index (χ0v) is 9.81. The van der Waals surface area contributed by atoms with Gasteiger partial charge < -0.3 is 15.1 Å². The second-order valence-electron chi connectivity index (χ2n) is 3.82. The quantitative estimate of drug-likeness (QED) is 0.875. The highest BCUT2D eigenvalue weighted by Crippen LogP contribution is 2.14. The van der Waals surface area contributed by atoms with Crippen LogP contribution in [0.5, 0.6) is 0 Å². The molecule has 2 N–H and O–H groups in total. The lowest BCUT2D eigenvalue weighted by molar-refractivity contribution is 0.247. The average Bonchev–Trinajstić information content (AvgIpc) is 2.85. The second-order valence-corrected chi connectivity index (χ2v) is 3.82. The third kappa shape index (κ3) is 2.88. The van der Waals surface area contributed by atoms with E-state index in [1.54, 1.807) is 31.2 Å². The summed E-state index contributed by atoms with van der Waals surface area (Å²) >= 11 is 0. The van der Waals surface area contributed by atoms with E-state index in [2.05, 4.69) is 10.6 Å². The minimum atomic E-state index is -0.482. The van der Waals surface area contributed by atoms with Gasteiger partial charge in [0.05, 0.1) is 18.0 Å². The predicted molar refractivity (Wildman–Crippen MR) is 65.7 cm³/mol. The van der Waals surface area contributed by atoms with Gasteiger partial charge in [0.2, 0.25) is 0 Å². The molecule has 0 fully saturated rings. The van der Waals surface area contributed by atoms with E-state index in [1.807, 2.05) is 0 Å². The molecule has 0 spiro atoms. The van der Waals surface area contributed by atoms with Gasteiger partial charge in [-0.05, 0) is 31.2 Å². The zero-order chi connectivity index (χ0) is 13.0. The number of hydrogen-bond acceptors (Lipinski definition) is 2. The molecule has 18 heavy (non-hydrogen) atoms. The molecule has 0 aliphatic carbocycles. The third-order valence-electron chi connectivity index (χ3n) is 2.44. The number of nitrogens with one attached hydrogen (secondary N) is 2. The number of carbonyl (C=O) groups excluding carboxylic acids is 1. The Labute approximate surface area is 104 Å². The summed E-state index contributed by atoms with van der Waals surface area (Å²) in [7, 11) is 0. The first kappa shape index (κ1) is 12.2. The summed E-state index contributed by atoms with van der Waals surface area (Å²) in [5.74, 6) is 0.164. The van der Waals surface area contributed by atoms with Crippen LogP contribution in [0, 0.1) is 5.82 Å². The van der Waals surface area contributed by atoms with Crippen molar-refractivity contribution in [1.29, 1.82) is 0 Å².